The van der Waals surface area contributed by atoms with Crippen molar-refractivity contribution in [2.75, 3.05) is 7.11 Å². The third-order valence-electron chi connectivity index (χ3n) is 18.8. The highest BCUT2D eigenvalue weighted by Crippen LogP contribution is 2.39. The number of ether oxygens (including phenoxy) is 1. The predicted molar refractivity (Wildman–Crippen MR) is 406 cm³/mol. The number of hydrogen-bond acceptors (Lipinski definition) is 7. The molecule has 0 spiro atoms. The number of hydrogen-bond donors (Lipinski definition) is 2. The Hall–Kier alpha value is -14.2. The van der Waals surface area contributed by atoms with Gasteiger partial charge in [0.25, 0.3) is 0 Å². The lowest BCUT2D eigenvalue weighted by atomic mass is 9.99. The number of aromatic nitrogens is 4. The van der Waals surface area contributed by atoms with Crippen LogP contribution in [0.4, 0.5) is 65.9 Å². The summed E-state index contributed by atoms with van der Waals surface area (Å²) in [6.07, 6.45) is 5.44. The highest BCUT2D eigenvalue weighted by molar-refractivity contribution is 5.97. The molecule has 12 nitrogen and oxygen atoms in total. The molecule has 16 rings (SSSR count). The Kier molecular flexibility index (Phi) is 22.9. The number of carboxylic acids is 1. The fraction of sp³-hybridized carbons (Fsp3) is 0.0449. The van der Waals surface area contributed by atoms with Crippen LogP contribution in [0, 0.1) is 94.2 Å². The van der Waals surface area contributed by atoms with E-state index in [-0.39, 0.29) is 102 Å². The van der Waals surface area contributed by atoms with E-state index < -0.39 is 132 Å². The molecule has 0 saturated heterocycles. The van der Waals surface area contributed by atoms with Crippen LogP contribution in [0.25, 0.3) is 112 Å². The number of methoxy groups -OCH3 is 1. The van der Waals surface area contributed by atoms with E-state index >= 15 is 0 Å². The van der Waals surface area contributed by atoms with Gasteiger partial charge in [0.1, 0.15) is 87.3 Å². The lowest BCUT2D eigenvalue weighted by molar-refractivity contribution is 0.0697. The number of fused-ring (bicyclic) bond motifs is 4. The summed E-state index contributed by atoms with van der Waals surface area (Å²) >= 11 is 0. The lowest BCUT2D eigenvalue weighted by Gasteiger charge is -2.18. The van der Waals surface area contributed by atoms with Crippen molar-refractivity contribution in [2.24, 2.45) is 0 Å². The number of carboxylic acid groups (broad SMARTS) is 1. The minimum Gasteiger partial charge on any atom is -0.478 e. The molecule has 0 fully saturated rings. The number of aliphatic hydroxyl groups excluding tert-OH is 1. The van der Waals surface area contributed by atoms with Crippen molar-refractivity contribution in [1.29, 1.82) is 0 Å². The number of nitrogens with zero attached hydrogens (tertiary/aromatic N) is 4. The lowest BCUT2D eigenvalue weighted by Crippen LogP contribution is -2.13. The van der Waals surface area contributed by atoms with E-state index in [9.17, 15) is 100 Å². The molecule has 0 aliphatic carbocycles. The highest BCUT2D eigenvalue weighted by Gasteiger charge is 2.28. The van der Waals surface area contributed by atoms with Crippen LogP contribution < -0.4 is 21.7 Å². The SMILES string of the molecule is COCc1ccc2c(-c3c(F)cccc3F)c(=O)ccn2c1-c1ccc(F)cc1F.Cc1ccc2c(-c3c(F)cccc3F)c(=O)ccn2c1-c1ccc(F)cc1.O=C(O)c1ccc2c(-c3c(F)cccc3F)c(=O)ccn2c1-c1ccc(F)cc1F.O=c1ccn2c(-c3ccc(F)cc3F)c(CO)ccc2c1-c1c(F)cccc1F. The smallest absolute Gasteiger partial charge is 0.337 e. The molecule has 0 aliphatic heterocycles. The summed E-state index contributed by atoms with van der Waals surface area (Å²) in [7, 11) is 1.46. The van der Waals surface area contributed by atoms with E-state index in [4.69, 9.17) is 4.74 Å². The van der Waals surface area contributed by atoms with Crippen molar-refractivity contribution in [2.45, 2.75) is 20.1 Å². The van der Waals surface area contributed by atoms with Gasteiger partial charge < -0.3 is 32.6 Å². The van der Waals surface area contributed by atoms with Crippen LogP contribution in [0.15, 0.2) is 268 Å². The summed E-state index contributed by atoms with van der Waals surface area (Å²) in [4.78, 5) is 61.9. The average molecular weight is 1590 g/mol. The molecule has 582 valence electrons. The second-order valence-corrected chi connectivity index (χ2v) is 25.8. The fourth-order valence-electron chi connectivity index (χ4n) is 13.7. The standard InChI is InChI=1S/C23H15F4NO2.C22H11F4NO3.C22H13F4NO2.C22H14F3NO/c1-30-12-13-5-8-19-22(21-16(25)3-2-4-17(21)26)20(29)9-10-28(19)23(13)15-7-6-14(24)11-18(15)27;23-11-4-5-12(16(26)10-11)21-13(22(29)30)6-7-17-20(18(28)8-9-27(17)21)19-14(24)2-1-3-15(19)25;23-13-5-6-14(17(26)10-13)22-12(11-28)4-7-18-21(19(29)8-9-27(18)22)20-15(24)2-1-3-16(20)25;1-13-5-10-18-21(20-16(24)3-2-4-17(20)25)19(27)11-12-26(18)22(13)14-6-8-15(23)9-7-14/h2-11H,12H2,1H3;1-10H,(H,29,30);1-10,28H,11H2;2-12H,1H3. The first-order chi connectivity index (χ1) is 55.6. The predicted octanol–water partition coefficient (Wildman–Crippen LogP) is 20.3. The van der Waals surface area contributed by atoms with Gasteiger partial charge in [-0.15, -0.1) is 0 Å². The Labute approximate surface area is 644 Å². The molecular formula is C89H53F15N4O8. The van der Waals surface area contributed by atoms with Crippen molar-refractivity contribution in [3.8, 4) is 89.5 Å². The van der Waals surface area contributed by atoms with E-state index in [1.165, 1.54) is 107 Å². The number of pyridine rings is 8. The number of rotatable bonds is 12. The van der Waals surface area contributed by atoms with Gasteiger partial charge in [0, 0.05) is 102 Å². The molecule has 0 saturated carbocycles. The first-order valence-corrected chi connectivity index (χ1v) is 34.5. The Morgan fingerprint density at radius 1 is 0.319 bits per heavy atom. The van der Waals surface area contributed by atoms with Crippen molar-refractivity contribution in [3.63, 3.8) is 0 Å². The van der Waals surface area contributed by atoms with Crippen LogP contribution in [0.3, 0.4) is 0 Å². The Morgan fingerprint density at radius 3 is 0.940 bits per heavy atom. The molecule has 116 heavy (non-hydrogen) atoms. The molecule has 8 heterocycles. The van der Waals surface area contributed by atoms with Crippen molar-refractivity contribution in [1.82, 2.24) is 17.6 Å². The maximum Gasteiger partial charge on any atom is 0.337 e. The van der Waals surface area contributed by atoms with Crippen molar-refractivity contribution < 1.29 is 85.6 Å². The van der Waals surface area contributed by atoms with Gasteiger partial charge in [-0.1, -0.05) is 42.5 Å². The van der Waals surface area contributed by atoms with E-state index in [1.54, 1.807) is 40.9 Å². The molecule has 27 heteroatoms. The molecule has 8 aromatic heterocycles. The van der Waals surface area contributed by atoms with E-state index in [2.05, 4.69) is 0 Å². The number of carbonyl (C=O) groups is 1. The fourth-order valence-corrected chi connectivity index (χ4v) is 13.7. The Balaban J connectivity index is 0.000000135. The monoisotopic (exact) mass is 1590 g/mol. The van der Waals surface area contributed by atoms with Crippen LogP contribution in [-0.4, -0.2) is 40.9 Å². The van der Waals surface area contributed by atoms with Gasteiger partial charge in [-0.05, 0) is 158 Å². The van der Waals surface area contributed by atoms with Gasteiger partial charge in [0.2, 0.25) is 0 Å². The Bertz CT molecular complexity index is 6830. The van der Waals surface area contributed by atoms with Crippen LogP contribution in [0.2, 0.25) is 0 Å². The molecule has 0 aliphatic rings. The van der Waals surface area contributed by atoms with Crippen molar-refractivity contribution >= 4 is 28.0 Å². The van der Waals surface area contributed by atoms with E-state index in [1.807, 2.05) is 6.92 Å². The normalized spacial score (nSPS) is 11.2. The summed E-state index contributed by atoms with van der Waals surface area (Å²) in [6, 6.07) is 43.9. The molecule has 0 unspecified atom stereocenters. The molecule has 8 aromatic carbocycles. The molecule has 2 N–H and O–H groups in total. The zero-order valence-electron chi connectivity index (χ0n) is 59.9. The van der Waals surface area contributed by atoms with Gasteiger partial charge in [0.15, 0.2) is 21.7 Å². The zero-order chi connectivity index (χ0) is 82.8. The maximum atomic E-state index is 14.6. The summed E-state index contributed by atoms with van der Waals surface area (Å²) in [5.74, 6) is -14.1. The molecule has 16 aromatic rings. The maximum absolute atomic E-state index is 14.6. The number of benzene rings is 8. The summed E-state index contributed by atoms with van der Waals surface area (Å²) in [5, 5.41) is 19.3. The quantitative estimate of drug-likeness (QED) is 0.115. The van der Waals surface area contributed by atoms with E-state index in [0.29, 0.717) is 28.9 Å². The van der Waals surface area contributed by atoms with Gasteiger partial charge in [-0.3, -0.25) is 19.2 Å². The van der Waals surface area contributed by atoms with Crippen molar-refractivity contribution in [3.05, 3.63) is 400 Å². The minimum absolute atomic E-state index is 0.0374. The molecule has 0 radical (unpaired) electrons. The third kappa shape index (κ3) is 15.4. The molecular weight excluding hydrogens is 1540 g/mol. The van der Waals surface area contributed by atoms with E-state index in [0.717, 1.165) is 125 Å². The minimum atomic E-state index is -1.41. The van der Waals surface area contributed by atoms with Gasteiger partial charge >= 0.3 is 5.97 Å². The van der Waals surface area contributed by atoms with Crippen LogP contribution in [0.1, 0.15) is 27.0 Å². The number of halogens is 15. The van der Waals surface area contributed by atoms with Crippen LogP contribution in [0.5, 0.6) is 0 Å². The number of aromatic carboxylic acids is 1. The topological polar surface area (TPSA) is 153 Å². The molecule has 0 amide bonds. The Morgan fingerprint density at radius 2 is 0.612 bits per heavy atom. The largest absolute Gasteiger partial charge is 0.478 e. The summed E-state index contributed by atoms with van der Waals surface area (Å²) < 4.78 is 223. The second-order valence-electron chi connectivity index (χ2n) is 25.8. The summed E-state index contributed by atoms with van der Waals surface area (Å²) in [6.45, 7) is 1.49. The van der Waals surface area contributed by atoms with Crippen LogP contribution >= 0.6 is 0 Å². The first-order valence-electron chi connectivity index (χ1n) is 34.5. The average Bonchev–Trinajstić information content (AvgIpc) is 0.782. The molecule has 0 bridgehead atoms. The third-order valence-corrected chi connectivity index (χ3v) is 18.8. The van der Waals surface area contributed by atoms with Gasteiger partial charge in [0.05, 0.1) is 108 Å². The van der Waals surface area contributed by atoms with Gasteiger partial charge in [-0.2, -0.15) is 0 Å². The second kappa shape index (κ2) is 33.2. The number of aryl methyl sites for hydroxylation is 1. The first kappa shape index (κ1) is 79.9. The summed E-state index contributed by atoms with van der Waals surface area (Å²) in [5.41, 5.74) is -1.80. The van der Waals surface area contributed by atoms with Gasteiger partial charge in [-0.25, -0.2) is 70.7 Å². The van der Waals surface area contributed by atoms with Crippen LogP contribution in [-0.2, 0) is 18.0 Å². The highest BCUT2D eigenvalue weighted by atomic mass is 19.2. The molecule has 0 atom stereocenters. The number of aliphatic hydroxyl groups is 1. The zero-order valence-corrected chi connectivity index (χ0v) is 59.9.